The van der Waals surface area contributed by atoms with Crippen LogP contribution in [0.4, 0.5) is 5.69 Å². The first-order valence-electron chi connectivity index (χ1n) is 9.17. The molecule has 1 aromatic carbocycles. The van der Waals surface area contributed by atoms with Gasteiger partial charge in [-0.1, -0.05) is 25.1 Å². The molecule has 0 bridgehead atoms. The van der Waals surface area contributed by atoms with E-state index in [4.69, 9.17) is 0 Å². The van der Waals surface area contributed by atoms with Crippen molar-refractivity contribution in [2.75, 3.05) is 11.0 Å². The molecule has 2 atom stereocenters. The molecular formula is C21H23NO4S2. The molecule has 1 aliphatic rings. The zero-order chi connectivity index (χ0) is 20.3. The lowest BCUT2D eigenvalue weighted by Crippen LogP contribution is -2.32. The fraction of sp³-hybridized carbons (Fsp3) is 0.333. The minimum absolute atomic E-state index is 0.00824. The molecule has 5 nitrogen and oxygen atoms in total. The molecule has 1 N–H and O–H groups in total. The largest absolute Gasteiger partial charge is 0.299 e. The number of sulfonamides is 1. The van der Waals surface area contributed by atoms with Gasteiger partial charge in [-0.3, -0.25) is 14.3 Å². The van der Waals surface area contributed by atoms with Crippen LogP contribution in [0.1, 0.15) is 42.5 Å². The maximum atomic E-state index is 12.9. The van der Waals surface area contributed by atoms with Crippen molar-refractivity contribution >= 4 is 44.2 Å². The van der Waals surface area contributed by atoms with Crippen LogP contribution < -0.4 is 4.72 Å². The van der Waals surface area contributed by atoms with Gasteiger partial charge in [0.2, 0.25) is 10.0 Å². The maximum Gasteiger partial charge on any atom is 0.229 e. The molecular weight excluding hydrogens is 394 g/mol. The Morgan fingerprint density at radius 2 is 1.93 bits per heavy atom. The number of allylic oxidation sites excluding steroid dienone is 2. The van der Waals surface area contributed by atoms with Crippen LogP contribution in [0, 0.1) is 5.92 Å². The second-order valence-corrected chi connectivity index (χ2v) is 9.77. The Balaban J connectivity index is 1.91. The third-order valence-corrected chi connectivity index (χ3v) is 6.39. The third-order valence-electron chi connectivity index (χ3n) is 4.78. The van der Waals surface area contributed by atoms with Gasteiger partial charge in [-0.15, -0.1) is 11.3 Å². The highest BCUT2D eigenvalue weighted by Gasteiger charge is 2.38. The van der Waals surface area contributed by atoms with Gasteiger partial charge >= 0.3 is 0 Å². The summed E-state index contributed by atoms with van der Waals surface area (Å²) in [6.07, 6.45) is 4.42. The van der Waals surface area contributed by atoms with Crippen LogP contribution in [0.5, 0.6) is 0 Å². The summed E-state index contributed by atoms with van der Waals surface area (Å²) in [7, 11) is -3.34. The van der Waals surface area contributed by atoms with Gasteiger partial charge in [0.15, 0.2) is 5.78 Å². The minimum Gasteiger partial charge on any atom is -0.299 e. The highest BCUT2D eigenvalue weighted by Crippen LogP contribution is 2.42. The topological polar surface area (TPSA) is 80.3 Å². The van der Waals surface area contributed by atoms with Crippen molar-refractivity contribution in [3.8, 4) is 0 Å². The van der Waals surface area contributed by atoms with E-state index in [1.54, 1.807) is 41.7 Å². The zero-order valence-corrected chi connectivity index (χ0v) is 17.5. The Hall–Kier alpha value is -2.25. The van der Waals surface area contributed by atoms with Gasteiger partial charge in [0.05, 0.1) is 12.2 Å². The molecule has 1 aromatic heterocycles. The van der Waals surface area contributed by atoms with E-state index in [1.807, 2.05) is 24.4 Å². The minimum atomic E-state index is -3.34. The smallest absolute Gasteiger partial charge is 0.229 e. The highest BCUT2D eigenvalue weighted by molar-refractivity contribution is 7.92. The van der Waals surface area contributed by atoms with Gasteiger partial charge in [0.1, 0.15) is 5.78 Å². The summed E-state index contributed by atoms with van der Waals surface area (Å²) >= 11 is 1.57. The Morgan fingerprint density at radius 3 is 2.50 bits per heavy atom. The van der Waals surface area contributed by atoms with Gasteiger partial charge in [-0.05, 0) is 53.6 Å². The molecule has 1 aliphatic carbocycles. The van der Waals surface area contributed by atoms with Gasteiger partial charge in [-0.2, -0.15) is 0 Å². The van der Waals surface area contributed by atoms with Gasteiger partial charge in [0.25, 0.3) is 0 Å². The van der Waals surface area contributed by atoms with Crippen molar-refractivity contribution in [1.29, 1.82) is 0 Å². The van der Waals surface area contributed by atoms with E-state index in [1.165, 1.54) is 0 Å². The van der Waals surface area contributed by atoms with Crippen molar-refractivity contribution in [3.05, 3.63) is 58.3 Å². The fourth-order valence-electron chi connectivity index (χ4n) is 3.59. The summed E-state index contributed by atoms with van der Waals surface area (Å²) < 4.78 is 25.1. The quantitative estimate of drug-likeness (QED) is 0.683. The van der Waals surface area contributed by atoms with Crippen LogP contribution in [0.2, 0.25) is 0 Å². The number of hydrogen-bond donors (Lipinski definition) is 1. The van der Waals surface area contributed by atoms with Crippen molar-refractivity contribution in [2.45, 2.75) is 32.1 Å². The number of hydrogen-bond acceptors (Lipinski definition) is 5. The van der Waals surface area contributed by atoms with Crippen LogP contribution in [0.3, 0.4) is 0 Å². The molecule has 0 fully saturated rings. The molecule has 2 aromatic rings. The monoisotopic (exact) mass is 417 g/mol. The van der Waals surface area contributed by atoms with E-state index in [9.17, 15) is 18.0 Å². The van der Waals surface area contributed by atoms with Crippen LogP contribution in [0.15, 0.2) is 47.9 Å². The van der Waals surface area contributed by atoms with E-state index in [0.29, 0.717) is 18.5 Å². The lowest BCUT2D eigenvalue weighted by molar-refractivity contribution is -0.131. The molecule has 0 spiro atoms. The average molecular weight is 418 g/mol. The van der Waals surface area contributed by atoms with E-state index in [-0.39, 0.29) is 17.5 Å². The zero-order valence-electron chi connectivity index (χ0n) is 15.8. The van der Waals surface area contributed by atoms with E-state index in [0.717, 1.165) is 28.7 Å². The number of benzene rings is 1. The number of nitrogens with one attached hydrogen (secondary N) is 1. The Morgan fingerprint density at radius 1 is 1.21 bits per heavy atom. The molecule has 28 heavy (non-hydrogen) atoms. The Bertz CT molecular complexity index is 990. The first-order chi connectivity index (χ1) is 13.3. The first kappa shape index (κ1) is 20.5. The van der Waals surface area contributed by atoms with Crippen molar-refractivity contribution in [2.24, 2.45) is 5.92 Å². The predicted molar refractivity (Wildman–Crippen MR) is 113 cm³/mol. The number of carbonyl (C=O) groups excluding carboxylic acids is 2. The lowest BCUT2D eigenvalue weighted by atomic mass is 9.73. The molecule has 0 saturated heterocycles. The van der Waals surface area contributed by atoms with Crippen LogP contribution in [-0.2, 0) is 19.6 Å². The van der Waals surface area contributed by atoms with E-state index >= 15 is 0 Å². The second-order valence-electron chi connectivity index (χ2n) is 7.04. The molecule has 0 unspecified atom stereocenters. The summed E-state index contributed by atoms with van der Waals surface area (Å²) in [6.45, 7) is 1.94. The Labute approximate surface area is 169 Å². The molecule has 1 heterocycles. The summed E-state index contributed by atoms with van der Waals surface area (Å²) in [5.41, 5.74) is 2.20. The summed E-state index contributed by atoms with van der Waals surface area (Å²) in [5, 5.41) is 1.96. The van der Waals surface area contributed by atoms with Gasteiger partial charge in [-0.25, -0.2) is 8.42 Å². The summed E-state index contributed by atoms with van der Waals surface area (Å²) in [5.74, 6) is -0.903. The lowest BCUT2D eigenvalue weighted by Gasteiger charge is -2.29. The van der Waals surface area contributed by atoms with E-state index < -0.39 is 15.9 Å². The number of ketones is 2. The molecule has 0 saturated carbocycles. The predicted octanol–water partition coefficient (Wildman–Crippen LogP) is 4.25. The normalized spacial score (nSPS) is 19.9. The summed E-state index contributed by atoms with van der Waals surface area (Å²) in [6, 6.07) is 10.9. The standard InChI is InChI=1S/C21H23NO4S2/c1-3-5-18(23)21-17(20-6-4-11-27-20)12-15(13-19(21)24)14-7-9-16(10-8-14)22-28(2,25)26/h4,6-11,13,17,21-22H,3,5,12H2,1-2H3/t17-,21-/m0/s1. The molecule has 0 aliphatic heterocycles. The van der Waals surface area contributed by atoms with Gasteiger partial charge < -0.3 is 0 Å². The highest BCUT2D eigenvalue weighted by atomic mass is 32.2. The number of anilines is 1. The summed E-state index contributed by atoms with van der Waals surface area (Å²) in [4.78, 5) is 26.5. The Kier molecular flexibility index (Phi) is 6.15. The van der Waals surface area contributed by atoms with E-state index in [2.05, 4.69) is 4.72 Å². The third kappa shape index (κ3) is 4.77. The van der Waals surface area contributed by atoms with Crippen molar-refractivity contribution in [1.82, 2.24) is 0 Å². The van der Waals surface area contributed by atoms with Crippen molar-refractivity contribution < 1.29 is 18.0 Å². The molecule has 3 rings (SSSR count). The number of carbonyl (C=O) groups is 2. The number of Topliss-reactive ketones (excluding diaryl/α,β-unsaturated/α-hetero) is 1. The average Bonchev–Trinajstić information content (AvgIpc) is 3.15. The maximum absolute atomic E-state index is 12.9. The van der Waals surface area contributed by atoms with Crippen LogP contribution >= 0.6 is 11.3 Å². The first-order valence-corrected chi connectivity index (χ1v) is 11.9. The molecule has 0 radical (unpaired) electrons. The van der Waals surface area contributed by atoms with Crippen LogP contribution in [0.25, 0.3) is 5.57 Å². The number of rotatable bonds is 7. The SMILES string of the molecule is CCCC(=O)[C@H]1C(=O)C=C(c2ccc(NS(C)(=O)=O)cc2)C[C@H]1c1cccs1. The molecule has 148 valence electrons. The second kappa shape index (κ2) is 8.41. The number of thiophene rings is 1. The van der Waals surface area contributed by atoms with Gasteiger partial charge in [0, 0.05) is 22.9 Å². The fourth-order valence-corrected chi connectivity index (χ4v) is 5.02. The molecule has 0 amide bonds. The van der Waals surface area contributed by atoms with Crippen LogP contribution in [-0.4, -0.2) is 26.2 Å². The van der Waals surface area contributed by atoms with Crippen molar-refractivity contribution in [3.63, 3.8) is 0 Å². The molecule has 7 heteroatoms.